The second kappa shape index (κ2) is 3.31. The number of likely N-dealkylation sites (N-methyl/N-ethyl adjacent to an activating group) is 2. The first-order valence-electron chi connectivity index (χ1n) is 3.12. The van der Waals surface area contributed by atoms with Gasteiger partial charge in [0.1, 0.15) is 0 Å². The Morgan fingerprint density at radius 1 is 1.11 bits per heavy atom. The van der Waals surface area contributed by atoms with Crippen LogP contribution in [0.25, 0.3) is 0 Å². The van der Waals surface area contributed by atoms with E-state index in [0.717, 1.165) is 22.0 Å². The van der Waals surface area contributed by atoms with Crippen LogP contribution in [0.1, 0.15) is 0 Å². The van der Waals surface area contributed by atoms with Gasteiger partial charge in [-0.05, 0) is 14.1 Å². The van der Waals surface area contributed by atoms with Crippen LogP contribution in [0.3, 0.4) is 0 Å². The number of rotatable bonds is 0. The predicted octanol–water partition coefficient (Wildman–Crippen LogP) is 0.928. The molecule has 0 spiro atoms. The third-order valence-corrected chi connectivity index (χ3v) is 2.31. The van der Waals surface area contributed by atoms with E-state index in [1.807, 2.05) is 0 Å². The SMILES string of the molecule is CN1CC=CCN(C)P1. The van der Waals surface area contributed by atoms with E-state index in [0.29, 0.717) is 0 Å². The van der Waals surface area contributed by atoms with Gasteiger partial charge in [-0.2, -0.15) is 0 Å². The van der Waals surface area contributed by atoms with E-state index in [2.05, 4.69) is 35.6 Å². The Morgan fingerprint density at radius 3 is 2.00 bits per heavy atom. The van der Waals surface area contributed by atoms with Crippen LogP contribution in [0, 0.1) is 0 Å². The maximum Gasteiger partial charge on any atom is 0.0240 e. The minimum absolute atomic E-state index is 0.846. The number of hydrogen-bond acceptors (Lipinski definition) is 2. The molecule has 0 aromatic carbocycles. The fourth-order valence-corrected chi connectivity index (χ4v) is 1.80. The molecule has 0 fully saturated rings. The molecule has 9 heavy (non-hydrogen) atoms. The van der Waals surface area contributed by atoms with Crippen molar-refractivity contribution in [1.29, 1.82) is 0 Å². The van der Waals surface area contributed by atoms with E-state index in [1.165, 1.54) is 0 Å². The highest BCUT2D eigenvalue weighted by Crippen LogP contribution is 2.20. The van der Waals surface area contributed by atoms with Crippen molar-refractivity contribution in [1.82, 2.24) is 9.34 Å². The summed E-state index contributed by atoms with van der Waals surface area (Å²) >= 11 is 0. The highest BCUT2D eigenvalue weighted by atomic mass is 31.1. The predicted molar refractivity (Wildman–Crippen MR) is 42.7 cm³/mol. The summed E-state index contributed by atoms with van der Waals surface area (Å²) in [5, 5.41) is 0. The van der Waals surface area contributed by atoms with Crippen molar-refractivity contribution in [3.8, 4) is 0 Å². The molecule has 0 atom stereocenters. The van der Waals surface area contributed by atoms with Gasteiger partial charge >= 0.3 is 0 Å². The van der Waals surface area contributed by atoms with E-state index < -0.39 is 0 Å². The average Bonchev–Trinajstić information content (AvgIpc) is 1.93. The van der Waals surface area contributed by atoms with Crippen molar-refractivity contribution in [2.24, 2.45) is 0 Å². The number of nitrogens with zero attached hydrogens (tertiary/aromatic N) is 2. The van der Waals surface area contributed by atoms with Gasteiger partial charge in [-0.15, -0.1) is 0 Å². The summed E-state index contributed by atoms with van der Waals surface area (Å²) in [4.78, 5) is 0. The fraction of sp³-hybridized carbons (Fsp3) is 0.667. The molecule has 0 radical (unpaired) electrons. The second-order valence-corrected chi connectivity index (χ2v) is 4.06. The molecule has 0 bridgehead atoms. The molecular formula is C6H13N2P. The first-order valence-corrected chi connectivity index (χ1v) is 4.02. The zero-order chi connectivity index (χ0) is 6.69. The van der Waals surface area contributed by atoms with Crippen molar-refractivity contribution in [2.75, 3.05) is 27.2 Å². The van der Waals surface area contributed by atoms with Gasteiger partial charge in [0.2, 0.25) is 0 Å². The zero-order valence-corrected chi connectivity index (χ0v) is 6.96. The van der Waals surface area contributed by atoms with Crippen LogP contribution in [0.4, 0.5) is 0 Å². The summed E-state index contributed by atoms with van der Waals surface area (Å²) < 4.78 is 4.62. The molecule has 0 aliphatic carbocycles. The second-order valence-electron chi connectivity index (χ2n) is 2.33. The largest absolute Gasteiger partial charge is 0.272 e. The first-order chi connectivity index (χ1) is 4.29. The van der Waals surface area contributed by atoms with E-state index in [4.69, 9.17) is 0 Å². The van der Waals surface area contributed by atoms with Gasteiger partial charge in [-0.3, -0.25) is 9.34 Å². The third kappa shape index (κ3) is 2.44. The molecule has 1 rings (SSSR count). The normalized spacial score (nSPS) is 24.2. The molecule has 1 heterocycles. The molecular weight excluding hydrogens is 131 g/mol. The number of hydrogen-bond donors (Lipinski definition) is 0. The van der Waals surface area contributed by atoms with E-state index in [-0.39, 0.29) is 0 Å². The highest BCUT2D eigenvalue weighted by molar-refractivity contribution is 7.32. The van der Waals surface area contributed by atoms with Gasteiger partial charge in [0.25, 0.3) is 0 Å². The van der Waals surface area contributed by atoms with Gasteiger partial charge in [0, 0.05) is 22.0 Å². The monoisotopic (exact) mass is 144 g/mol. The van der Waals surface area contributed by atoms with Gasteiger partial charge < -0.3 is 0 Å². The molecule has 2 nitrogen and oxygen atoms in total. The van der Waals surface area contributed by atoms with Crippen LogP contribution in [-0.2, 0) is 0 Å². The molecule has 3 heteroatoms. The Hall–Kier alpha value is 0.0900. The van der Waals surface area contributed by atoms with Crippen LogP contribution in [-0.4, -0.2) is 36.5 Å². The summed E-state index contributed by atoms with van der Waals surface area (Å²) in [6.45, 7) is 2.20. The average molecular weight is 144 g/mol. The Labute approximate surface area is 58.4 Å². The zero-order valence-electron chi connectivity index (χ0n) is 5.96. The minimum Gasteiger partial charge on any atom is -0.272 e. The maximum atomic E-state index is 2.31. The minimum atomic E-state index is 0.846. The topological polar surface area (TPSA) is 6.48 Å². The molecule has 1 aliphatic heterocycles. The standard InChI is InChI=1S/C6H13N2P/c1-7-5-3-4-6-8(2)9-7/h3-4,9H,5-6H2,1-2H3. The van der Waals surface area contributed by atoms with Gasteiger partial charge in [-0.25, -0.2) is 0 Å². The summed E-state index contributed by atoms with van der Waals surface area (Å²) in [7, 11) is 5.13. The van der Waals surface area contributed by atoms with E-state index >= 15 is 0 Å². The quantitative estimate of drug-likeness (QED) is 0.368. The summed E-state index contributed by atoms with van der Waals surface area (Å²) in [6, 6.07) is 0. The lowest BCUT2D eigenvalue weighted by Gasteiger charge is -2.18. The molecule has 0 aromatic heterocycles. The van der Waals surface area contributed by atoms with Gasteiger partial charge in [-0.1, -0.05) is 12.2 Å². The summed E-state index contributed by atoms with van der Waals surface area (Å²) in [6.07, 6.45) is 4.44. The van der Waals surface area contributed by atoms with Crippen LogP contribution < -0.4 is 0 Å². The smallest absolute Gasteiger partial charge is 0.0240 e. The lowest BCUT2D eigenvalue weighted by molar-refractivity contribution is 0.553. The molecule has 0 N–H and O–H groups in total. The van der Waals surface area contributed by atoms with Crippen molar-refractivity contribution in [3.05, 3.63) is 12.2 Å². The van der Waals surface area contributed by atoms with Crippen LogP contribution >= 0.6 is 8.88 Å². The van der Waals surface area contributed by atoms with Crippen LogP contribution in [0.5, 0.6) is 0 Å². The Kier molecular flexibility index (Phi) is 2.65. The lowest BCUT2D eigenvalue weighted by Crippen LogP contribution is -2.13. The first kappa shape index (κ1) is 7.20. The molecule has 1 aliphatic rings. The molecule has 0 saturated heterocycles. The third-order valence-electron chi connectivity index (χ3n) is 1.27. The Balaban J connectivity index is 2.40. The Morgan fingerprint density at radius 2 is 1.56 bits per heavy atom. The van der Waals surface area contributed by atoms with E-state index in [9.17, 15) is 0 Å². The van der Waals surface area contributed by atoms with Crippen LogP contribution in [0.15, 0.2) is 12.2 Å². The molecule has 52 valence electrons. The molecule has 0 saturated carbocycles. The van der Waals surface area contributed by atoms with Crippen LogP contribution in [0.2, 0.25) is 0 Å². The van der Waals surface area contributed by atoms with Crippen molar-refractivity contribution in [2.45, 2.75) is 0 Å². The van der Waals surface area contributed by atoms with Gasteiger partial charge in [0.15, 0.2) is 0 Å². The Bertz CT molecular complexity index is 102. The summed E-state index contributed by atoms with van der Waals surface area (Å²) in [5.41, 5.74) is 0. The fourth-order valence-electron chi connectivity index (χ4n) is 0.838. The lowest BCUT2D eigenvalue weighted by atomic mass is 10.5. The molecule has 0 amide bonds. The highest BCUT2D eigenvalue weighted by Gasteiger charge is 2.02. The van der Waals surface area contributed by atoms with Crippen molar-refractivity contribution < 1.29 is 0 Å². The molecule has 0 unspecified atom stereocenters. The van der Waals surface area contributed by atoms with Gasteiger partial charge in [0.05, 0.1) is 0 Å². The van der Waals surface area contributed by atoms with Crippen molar-refractivity contribution in [3.63, 3.8) is 0 Å². The van der Waals surface area contributed by atoms with E-state index in [1.54, 1.807) is 0 Å². The molecule has 0 aromatic rings. The maximum absolute atomic E-state index is 2.31. The van der Waals surface area contributed by atoms with Crippen molar-refractivity contribution >= 4 is 8.88 Å². The summed E-state index contributed by atoms with van der Waals surface area (Å²) in [5.74, 6) is 0.